The van der Waals surface area contributed by atoms with Crippen LogP contribution in [-0.2, 0) is 9.53 Å². The van der Waals surface area contributed by atoms with E-state index in [0.717, 1.165) is 44.8 Å². The third kappa shape index (κ3) is 4.49. The van der Waals surface area contributed by atoms with Crippen LogP contribution in [-0.4, -0.2) is 65.8 Å². The minimum absolute atomic E-state index is 0.00951. The van der Waals surface area contributed by atoms with Crippen LogP contribution in [0.1, 0.15) is 25.0 Å². The number of likely N-dealkylation sites (tertiary alicyclic amines) is 1. The second-order valence-corrected chi connectivity index (χ2v) is 10.1. The first kappa shape index (κ1) is 24.4. The molecule has 1 spiro atoms. The van der Waals surface area contributed by atoms with Crippen LogP contribution in [0.15, 0.2) is 36.7 Å². The van der Waals surface area contributed by atoms with Crippen LogP contribution in [0.4, 0.5) is 4.39 Å². The fraction of sp³-hybridized carbons (Fsp3) is 0.393. The van der Waals surface area contributed by atoms with E-state index in [9.17, 15) is 4.79 Å². The van der Waals surface area contributed by atoms with Crippen molar-refractivity contribution in [2.24, 2.45) is 5.41 Å². The molecule has 0 atom stereocenters. The van der Waals surface area contributed by atoms with Gasteiger partial charge in [0.05, 0.1) is 50.5 Å². The molecule has 1 amide bonds. The molecule has 0 bridgehead atoms. The topological polar surface area (TPSA) is 98.8 Å². The number of aryl methyl sites for hydroxylation is 1. The van der Waals surface area contributed by atoms with Gasteiger partial charge in [-0.2, -0.15) is 0 Å². The lowest BCUT2D eigenvalue weighted by molar-refractivity contribution is -0.153. The Kier molecular flexibility index (Phi) is 6.27. The van der Waals surface area contributed by atoms with Crippen molar-refractivity contribution in [1.82, 2.24) is 19.9 Å². The van der Waals surface area contributed by atoms with E-state index in [1.54, 1.807) is 30.5 Å². The summed E-state index contributed by atoms with van der Waals surface area (Å²) in [6, 6.07) is 6.83. The Hall–Kier alpha value is -3.92. The number of carbonyl (C=O) groups is 1. The van der Waals surface area contributed by atoms with Gasteiger partial charge < -0.3 is 28.8 Å². The predicted octanol–water partition coefficient (Wildman–Crippen LogP) is 4.77. The second-order valence-electron chi connectivity index (χ2n) is 10.1. The Labute approximate surface area is 218 Å². The average molecular weight is 521 g/mol. The number of hydrogen-bond acceptors (Lipinski definition) is 7. The summed E-state index contributed by atoms with van der Waals surface area (Å²) < 4.78 is 37.9. The fourth-order valence-electron chi connectivity index (χ4n) is 5.15. The zero-order chi connectivity index (χ0) is 26.3. The van der Waals surface area contributed by atoms with Gasteiger partial charge in [0.25, 0.3) is 0 Å². The number of benzene rings is 1. The molecule has 0 radical (unpaired) electrons. The number of amides is 1. The number of ether oxygens (including phenoxy) is 4. The van der Waals surface area contributed by atoms with Crippen molar-refractivity contribution in [2.75, 3.05) is 40.0 Å². The van der Waals surface area contributed by atoms with Crippen LogP contribution in [0.25, 0.3) is 21.9 Å². The van der Waals surface area contributed by atoms with Gasteiger partial charge in [0, 0.05) is 41.8 Å². The van der Waals surface area contributed by atoms with Gasteiger partial charge >= 0.3 is 0 Å². The van der Waals surface area contributed by atoms with Crippen molar-refractivity contribution in [3.05, 3.63) is 48.2 Å². The molecule has 6 rings (SSSR count). The molecule has 3 aromatic heterocycles. The SMILES string of the molecule is COc1cc2c(Oc3cnc4[nH]c(C)cc4c3F)ccnc2cc1OCCC(=O)N1CCC2(CC1)COC2. The summed E-state index contributed by atoms with van der Waals surface area (Å²) in [5.74, 6) is 0.934. The number of pyridine rings is 2. The molecule has 2 aliphatic rings. The van der Waals surface area contributed by atoms with E-state index in [4.69, 9.17) is 18.9 Å². The van der Waals surface area contributed by atoms with Crippen LogP contribution >= 0.6 is 0 Å². The maximum absolute atomic E-state index is 15.1. The van der Waals surface area contributed by atoms with E-state index in [0.29, 0.717) is 39.2 Å². The molecular weight excluding hydrogens is 491 g/mol. The molecule has 1 N–H and O–H groups in total. The Balaban J connectivity index is 1.16. The highest BCUT2D eigenvalue weighted by Gasteiger charge is 2.41. The smallest absolute Gasteiger partial charge is 0.225 e. The Morgan fingerprint density at radius 1 is 1.11 bits per heavy atom. The zero-order valence-electron chi connectivity index (χ0n) is 21.4. The highest BCUT2D eigenvalue weighted by Crippen LogP contribution is 2.39. The molecule has 5 heterocycles. The number of aromatic amines is 1. The molecule has 4 aromatic rings. The number of nitrogens with zero attached hydrogens (tertiary/aromatic N) is 3. The van der Waals surface area contributed by atoms with Crippen molar-refractivity contribution in [3.63, 3.8) is 0 Å². The van der Waals surface area contributed by atoms with Gasteiger partial charge in [0.15, 0.2) is 23.1 Å². The first-order valence-corrected chi connectivity index (χ1v) is 12.7. The molecular formula is C28H29FN4O5. The number of rotatable bonds is 7. The van der Waals surface area contributed by atoms with Crippen LogP contribution in [0, 0.1) is 18.2 Å². The number of carbonyl (C=O) groups excluding carboxylic acids is 1. The Bertz CT molecular complexity index is 1510. The lowest BCUT2D eigenvalue weighted by Crippen LogP contribution is -2.52. The normalized spacial score (nSPS) is 16.6. The van der Waals surface area contributed by atoms with Crippen LogP contribution in [0.2, 0.25) is 0 Å². The van der Waals surface area contributed by atoms with Crippen LogP contribution in [0.5, 0.6) is 23.0 Å². The summed E-state index contributed by atoms with van der Waals surface area (Å²) in [4.78, 5) is 26.3. The molecule has 198 valence electrons. The summed E-state index contributed by atoms with van der Waals surface area (Å²) >= 11 is 0. The molecule has 2 fully saturated rings. The minimum atomic E-state index is -0.495. The average Bonchev–Trinajstić information content (AvgIpc) is 3.30. The quantitative estimate of drug-likeness (QED) is 0.375. The van der Waals surface area contributed by atoms with Crippen molar-refractivity contribution >= 4 is 27.8 Å². The second kappa shape index (κ2) is 9.75. The number of aromatic nitrogens is 3. The van der Waals surface area contributed by atoms with Crippen molar-refractivity contribution < 1.29 is 28.1 Å². The highest BCUT2D eigenvalue weighted by atomic mass is 19.1. The maximum atomic E-state index is 15.1. The van der Waals surface area contributed by atoms with Crippen LogP contribution in [0.3, 0.4) is 0 Å². The zero-order valence-corrected chi connectivity index (χ0v) is 21.4. The van der Waals surface area contributed by atoms with Gasteiger partial charge in [0.1, 0.15) is 11.4 Å². The minimum Gasteiger partial charge on any atom is -0.493 e. The first-order chi connectivity index (χ1) is 18.4. The van der Waals surface area contributed by atoms with Gasteiger partial charge in [-0.05, 0) is 38.0 Å². The lowest BCUT2D eigenvalue weighted by Gasteiger charge is -2.47. The number of methoxy groups -OCH3 is 1. The first-order valence-electron chi connectivity index (χ1n) is 12.7. The molecule has 9 nitrogen and oxygen atoms in total. The maximum Gasteiger partial charge on any atom is 0.225 e. The van der Waals surface area contributed by atoms with Crippen molar-refractivity contribution in [2.45, 2.75) is 26.2 Å². The number of fused-ring (bicyclic) bond motifs is 2. The molecule has 1 aromatic carbocycles. The largest absolute Gasteiger partial charge is 0.493 e. The van der Waals surface area contributed by atoms with Gasteiger partial charge in [-0.25, -0.2) is 9.37 Å². The van der Waals surface area contributed by atoms with E-state index in [2.05, 4.69) is 15.0 Å². The summed E-state index contributed by atoms with van der Waals surface area (Å²) in [5, 5.41) is 0.988. The van der Waals surface area contributed by atoms with Gasteiger partial charge in [-0.3, -0.25) is 9.78 Å². The summed E-state index contributed by atoms with van der Waals surface area (Å²) in [7, 11) is 1.54. The third-order valence-electron chi connectivity index (χ3n) is 7.47. The van der Waals surface area contributed by atoms with E-state index < -0.39 is 5.82 Å². The molecule has 10 heteroatoms. The summed E-state index contributed by atoms with van der Waals surface area (Å²) in [6.45, 7) is 5.21. The molecule has 0 unspecified atom stereocenters. The Morgan fingerprint density at radius 3 is 2.66 bits per heavy atom. The fourth-order valence-corrected chi connectivity index (χ4v) is 5.15. The van der Waals surface area contributed by atoms with E-state index in [1.807, 2.05) is 11.8 Å². The molecule has 2 aliphatic heterocycles. The van der Waals surface area contributed by atoms with E-state index >= 15 is 4.39 Å². The monoisotopic (exact) mass is 520 g/mol. The lowest BCUT2D eigenvalue weighted by atomic mass is 9.77. The van der Waals surface area contributed by atoms with Gasteiger partial charge in [-0.15, -0.1) is 0 Å². The molecule has 0 aliphatic carbocycles. The number of nitrogens with one attached hydrogen (secondary N) is 1. The number of halogens is 1. The summed E-state index contributed by atoms with van der Waals surface area (Å²) in [5.41, 5.74) is 2.15. The predicted molar refractivity (Wildman–Crippen MR) is 138 cm³/mol. The number of H-pyrrole nitrogens is 1. The highest BCUT2D eigenvalue weighted by molar-refractivity contribution is 5.88. The van der Waals surface area contributed by atoms with Gasteiger partial charge in [0.2, 0.25) is 5.91 Å². The summed E-state index contributed by atoms with van der Waals surface area (Å²) in [6.07, 6.45) is 5.19. The van der Waals surface area contributed by atoms with E-state index in [1.165, 1.54) is 13.3 Å². The van der Waals surface area contributed by atoms with Crippen molar-refractivity contribution in [1.29, 1.82) is 0 Å². The molecule has 2 saturated heterocycles. The van der Waals surface area contributed by atoms with Gasteiger partial charge in [-0.1, -0.05) is 0 Å². The third-order valence-corrected chi connectivity index (χ3v) is 7.47. The molecule has 38 heavy (non-hydrogen) atoms. The number of hydrogen-bond donors (Lipinski definition) is 1. The van der Waals surface area contributed by atoms with Crippen LogP contribution < -0.4 is 14.2 Å². The Morgan fingerprint density at radius 2 is 1.92 bits per heavy atom. The standard InChI is InChI=1S/C28H29FN4O5/c1-17-11-19-26(29)24(14-31-27(19)32-17)38-21-3-7-30-20-13-23(22(35-2)12-18(20)21)37-10-4-25(34)33-8-5-28(6-9-33)15-36-16-28/h3,7,11-14H,4-6,8-10,15-16H2,1-2H3,(H,31,32). The number of piperidine rings is 1. The van der Waals surface area contributed by atoms with E-state index in [-0.39, 0.29) is 30.1 Å². The van der Waals surface area contributed by atoms with Crippen molar-refractivity contribution in [3.8, 4) is 23.0 Å². The molecule has 0 saturated carbocycles.